The van der Waals surface area contributed by atoms with Crippen molar-refractivity contribution in [1.29, 1.82) is 0 Å². The number of hydrogen-bond donors (Lipinski definition) is 2. The van der Waals surface area contributed by atoms with Crippen LogP contribution in [0.25, 0.3) is 0 Å². The van der Waals surface area contributed by atoms with Crippen LogP contribution in [0.15, 0.2) is 0 Å². The Balaban J connectivity index is 1.97. The average molecular weight is 243 g/mol. The molecule has 0 spiro atoms. The molecule has 0 aromatic rings. The van der Waals surface area contributed by atoms with E-state index < -0.39 is 0 Å². The zero-order valence-electron chi connectivity index (χ0n) is 11.5. The average Bonchev–Trinajstić information content (AvgIpc) is 2.31. The Morgan fingerprint density at radius 2 is 2.12 bits per heavy atom. The van der Waals surface area contributed by atoms with Gasteiger partial charge in [-0.25, -0.2) is 0 Å². The molecule has 1 unspecified atom stereocenters. The summed E-state index contributed by atoms with van der Waals surface area (Å²) in [7, 11) is 1.93. The van der Waals surface area contributed by atoms with Gasteiger partial charge in [0, 0.05) is 18.8 Å². The second-order valence-electron chi connectivity index (χ2n) is 5.34. The number of aliphatic hydroxyl groups is 1. The van der Waals surface area contributed by atoms with Crippen molar-refractivity contribution in [3.05, 3.63) is 0 Å². The van der Waals surface area contributed by atoms with E-state index in [0.29, 0.717) is 0 Å². The van der Waals surface area contributed by atoms with Gasteiger partial charge in [-0.1, -0.05) is 26.2 Å². The number of ether oxygens (including phenoxy) is 1. The highest BCUT2D eigenvalue weighted by Crippen LogP contribution is 2.29. The second-order valence-corrected chi connectivity index (χ2v) is 5.34. The summed E-state index contributed by atoms with van der Waals surface area (Å²) in [5.74, 6) is 0.944. The first-order chi connectivity index (χ1) is 8.26. The van der Waals surface area contributed by atoms with E-state index in [1.165, 1.54) is 25.7 Å². The highest BCUT2D eigenvalue weighted by Gasteiger charge is 2.24. The Hall–Kier alpha value is -0.120. The van der Waals surface area contributed by atoms with Gasteiger partial charge in [0.1, 0.15) is 0 Å². The Kier molecular flexibility index (Phi) is 7.09. The molecule has 1 aliphatic carbocycles. The minimum absolute atomic E-state index is 0.0999. The van der Waals surface area contributed by atoms with E-state index >= 15 is 0 Å². The van der Waals surface area contributed by atoms with Crippen molar-refractivity contribution >= 4 is 0 Å². The predicted octanol–water partition coefficient (Wildman–Crippen LogP) is 2.33. The van der Waals surface area contributed by atoms with Gasteiger partial charge in [-0.05, 0) is 38.6 Å². The van der Waals surface area contributed by atoms with Gasteiger partial charge in [-0.15, -0.1) is 0 Å². The third kappa shape index (κ3) is 4.94. The molecule has 0 amide bonds. The summed E-state index contributed by atoms with van der Waals surface area (Å²) in [6.07, 6.45) is 8.45. The quantitative estimate of drug-likeness (QED) is 0.579. The maximum absolute atomic E-state index is 9.39. The number of likely N-dealkylation sites (N-methyl/N-ethyl adjacent to an activating group) is 1. The molecule has 3 nitrogen and oxygen atoms in total. The molecule has 3 heteroatoms. The highest BCUT2D eigenvalue weighted by atomic mass is 16.5. The van der Waals surface area contributed by atoms with E-state index in [1.54, 1.807) is 0 Å². The minimum atomic E-state index is -0.0999. The molecule has 1 rings (SSSR count). The minimum Gasteiger partial charge on any atom is -0.394 e. The van der Waals surface area contributed by atoms with E-state index in [0.717, 1.165) is 38.4 Å². The molecule has 1 aliphatic rings. The van der Waals surface area contributed by atoms with Crippen LogP contribution >= 0.6 is 0 Å². The molecule has 102 valence electrons. The van der Waals surface area contributed by atoms with Gasteiger partial charge in [-0.3, -0.25) is 0 Å². The Morgan fingerprint density at radius 3 is 2.59 bits per heavy atom. The molecule has 0 saturated heterocycles. The van der Waals surface area contributed by atoms with Crippen LogP contribution in [-0.2, 0) is 4.74 Å². The van der Waals surface area contributed by atoms with Crippen molar-refractivity contribution < 1.29 is 9.84 Å². The summed E-state index contributed by atoms with van der Waals surface area (Å²) in [6.45, 7) is 4.07. The monoisotopic (exact) mass is 243 g/mol. The van der Waals surface area contributed by atoms with Crippen LogP contribution in [0.2, 0.25) is 0 Å². The fourth-order valence-electron chi connectivity index (χ4n) is 2.39. The summed E-state index contributed by atoms with van der Waals surface area (Å²) in [5.41, 5.74) is -0.0999. The molecule has 1 atom stereocenters. The molecule has 0 radical (unpaired) electrons. The molecule has 0 bridgehead atoms. The fraction of sp³-hybridized carbons (Fsp3) is 1.00. The van der Waals surface area contributed by atoms with Gasteiger partial charge in [-0.2, -0.15) is 0 Å². The SMILES string of the molecule is CCC(CO)(CCCOCCC1CCC1)NC. The molecule has 17 heavy (non-hydrogen) atoms. The first-order valence-electron chi connectivity index (χ1n) is 7.14. The van der Waals surface area contributed by atoms with Crippen LogP contribution in [0.3, 0.4) is 0 Å². The summed E-state index contributed by atoms with van der Waals surface area (Å²) < 4.78 is 5.66. The van der Waals surface area contributed by atoms with Crippen molar-refractivity contribution in [2.75, 3.05) is 26.9 Å². The maximum atomic E-state index is 9.39. The third-order valence-electron chi connectivity index (χ3n) is 4.35. The summed E-state index contributed by atoms with van der Waals surface area (Å²) in [5, 5.41) is 12.6. The largest absolute Gasteiger partial charge is 0.394 e. The number of aliphatic hydroxyl groups excluding tert-OH is 1. The lowest BCUT2D eigenvalue weighted by molar-refractivity contribution is 0.0891. The Labute approximate surface area is 106 Å². The molecular formula is C14H29NO2. The van der Waals surface area contributed by atoms with E-state index in [4.69, 9.17) is 4.74 Å². The Bertz CT molecular complexity index is 180. The standard InChI is InChI=1S/C14H29NO2/c1-3-14(12-16,15-2)9-5-10-17-11-8-13-6-4-7-13/h13,15-16H,3-12H2,1-2H3. The van der Waals surface area contributed by atoms with Crippen LogP contribution in [-0.4, -0.2) is 37.5 Å². The van der Waals surface area contributed by atoms with Crippen molar-refractivity contribution in [3.63, 3.8) is 0 Å². The third-order valence-corrected chi connectivity index (χ3v) is 4.35. The molecule has 0 heterocycles. The normalized spacial score (nSPS) is 19.9. The van der Waals surface area contributed by atoms with Crippen LogP contribution in [0, 0.1) is 5.92 Å². The van der Waals surface area contributed by atoms with Crippen molar-refractivity contribution in [3.8, 4) is 0 Å². The van der Waals surface area contributed by atoms with Crippen LogP contribution in [0.5, 0.6) is 0 Å². The van der Waals surface area contributed by atoms with Gasteiger partial charge in [0.05, 0.1) is 6.61 Å². The highest BCUT2D eigenvalue weighted by molar-refractivity contribution is 4.84. The van der Waals surface area contributed by atoms with Gasteiger partial charge >= 0.3 is 0 Å². The summed E-state index contributed by atoms with van der Waals surface area (Å²) in [6, 6.07) is 0. The summed E-state index contributed by atoms with van der Waals surface area (Å²) in [4.78, 5) is 0. The van der Waals surface area contributed by atoms with E-state index in [2.05, 4.69) is 12.2 Å². The first kappa shape index (κ1) is 14.9. The zero-order valence-corrected chi connectivity index (χ0v) is 11.5. The topological polar surface area (TPSA) is 41.5 Å². The predicted molar refractivity (Wildman–Crippen MR) is 71.2 cm³/mol. The van der Waals surface area contributed by atoms with Gasteiger partial charge < -0.3 is 15.2 Å². The van der Waals surface area contributed by atoms with Crippen molar-refractivity contribution in [1.82, 2.24) is 5.32 Å². The molecule has 0 aromatic carbocycles. The van der Waals surface area contributed by atoms with Crippen LogP contribution < -0.4 is 5.32 Å². The van der Waals surface area contributed by atoms with Gasteiger partial charge in [0.15, 0.2) is 0 Å². The van der Waals surface area contributed by atoms with Crippen LogP contribution in [0.1, 0.15) is 51.9 Å². The molecule has 1 saturated carbocycles. The summed E-state index contributed by atoms with van der Waals surface area (Å²) >= 11 is 0. The van der Waals surface area contributed by atoms with E-state index in [1.807, 2.05) is 7.05 Å². The first-order valence-corrected chi connectivity index (χ1v) is 7.14. The zero-order chi connectivity index (χ0) is 12.6. The van der Waals surface area contributed by atoms with Gasteiger partial charge in [0.25, 0.3) is 0 Å². The van der Waals surface area contributed by atoms with Crippen LogP contribution in [0.4, 0.5) is 0 Å². The number of rotatable bonds is 10. The van der Waals surface area contributed by atoms with E-state index in [9.17, 15) is 5.11 Å². The van der Waals surface area contributed by atoms with E-state index in [-0.39, 0.29) is 12.1 Å². The lowest BCUT2D eigenvalue weighted by Crippen LogP contribution is -2.46. The Morgan fingerprint density at radius 1 is 1.35 bits per heavy atom. The number of nitrogens with one attached hydrogen (secondary N) is 1. The van der Waals surface area contributed by atoms with Crippen molar-refractivity contribution in [2.45, 2.75) is 57.4 Å². The van der Waals surface area contributed by atoms with Crippen molar-refractivity contribution in [2.24, 2.45) is 5.92 Å². The number of hydrogen-bond acceptors (Lipinski definition) is 3. The lowest BCUT2D eigenvalue weighted by Gasteiger charge is -2.30. The molecule has 2 N–H and O–H groups in total. The van der Waals surface area contributed by atoms with Gasteiger partial charge in [0.2, 0.25) is 0 Å². The lowest BCUT2D eigenvalue weighted by atomic mass is 9.83. The smallest absolute Gasteiger partial charge is 0.0613 e. The molecular weight excluding hydrogens is 214 g/mol. The molecule has 1 fully saturated rings. The molecule has 0 aliphatic heterocycles. The second kappa shape index (κ2) is 8.06. The molecule has 0 aromatic heterocycles. The maximum Gasteiger partial charge on any atom is 0.0613 e. The fourth-order valence-corrected chi connectivity index (χ4v) is 2.39.